The Bertz CT molecular complexity index is 1190. The number of terminal acetylenes is 2. The third-order valence-electron chi connectivity index (χ3n) is 7.73. The summed E-state index contributed by atoms with van der Waals surface area (Å²) in [5.74, 6) is 15.6. The molecule has 0 aliphatic carbocycles. The molecule has 2 atom stereocenters. The zero-order chi connectivity index (χ0) is 35.7. The standard InChI is InChI=1S/C46H64O3/c1-3-44(47)40-36-32-28-24-20-16-12-10-8-6-5-7-9-11-13-18-22-26-30-34-38-42-46(49)43-39-35-31-27-23-19-15-14-17-21-25-29-33-37-41-45(48)4-2/h1-2,13,18,21,23,25,27,30,34,36-37,40-41,44,46-47,49H,5-12,14-17,19-20,22,24,26,28-29,31-33,35H2/b18-13-,25-21-,27-23-,34-30+,40-36+,41-37+/t44-,46+/m1/s1. The smallest absolute Gasteiger partial charge is 0.228 e. The molecule has 0 unspecified atom stereocenters. The van der Waals surface area contributed by atoms with Gasteiger partial charge in [-0.2, -0.15) is 0 Å². The lowest BCUT2D eigenvalue weighted by atomic mass is 10.0. The number of hydrogen-bond donors (Lipinski definition) is 2. The fourth-order valence-electron chi connectivity index (χ4n) is 4.88. The molecule has 0 aromatic carbocycles. The first-order valence-corrected chi connectivity index (χ1v) is 18.9. The highest BCUT2D eigenvalue weighted by Crippen LogP contribution is 2.13. The zero-order valence-corrected chi connectivity index (χ0v) is 30.3. The van der Waals surface area contributed by atoms with Gasteiger partial charge in [-0.25, -0.2) is 0 Å². The van der Waals surface area contributed by atoms with Gasteiger partial charge in [0.2, 0.25) is 5.78 Å². The van der Waals surface area contributed by atoms with E-state index in [1.807, 2.05) is 18.2 Å². The normalized spacial score (nSPS) is 12.8. The van der Waals surface area contributed by atoms with Crippen LogP contribution in [0.1, 0.15) is 148 Å². The van der Waals surface area contributed by atoms with Crippen LogP contribution in [0.3, 0.4) is 0 Å². The number of allylic oxidation sites excluding steroid dienone is 11. The first-order chi connectivity index (χ1) is 24.1. The van der Waals surface area contributed by atoms with Crippen molar-refractivity contribution < 1.29 is 15.0 Å². The summed E-state index contributed by atoms with van der Waals surface area (Å²) in [4.78, 5) is 10.9. The van der Waals surface area contributed by atoms with Crippen molar-refractivity contribution in [2.24, 2.45) is 0 Å². The van der Waals surface area contributed by atoms with Crippen molar-refractivity contribution in [1.82, 2.24) is 0 Å². The summed E-state index contributed by atoms with van der Waals surface area (Å²) in [6.07, 6.45) is 59.1. The van der Waals surface area contributed by atoms with Crippen molar-refractivity contribution in [2.75, 3.05) is 0 Å². The Morgan fingerprint density at radius 2 is 0.980 bits per heavy atom. The predicted molar refractivity (Wildman–Crippen MR) is 211 cm³/mol. The number of rotatable bonds is 29. The number of carbonyl (C=O) groups excluding carboxylic acids is 1. The molecule has 0 amide bonds. The van der Waals surface area contributed by atoms with Gasteiger partial charge in [0.15, 0.2) is 6.10 Å². The Morgan fingerprint density at radius 1 is 0.531 bits per heavy atom. The van der Waals surface area contributed by atoms with Crippen LogP contribution >= 0.6 is 0 Å². The van der Waals surface area contributed by atoms with Crippen molar-refractivity contribution in [3.63, 3.8) is 0 Å². The molecular weight excluding hydrogens is 601 g/mol. The predicted octanol–water partition coefficient (Wildman–Crippen LogP) is 10.9. The van der Waals surface area contributed by atoms with E-state index in [9.17, 15) is 15.0 Å². The first kappa shape index (κ1) is 45.3. The van der Waals surface area contributed by atoms with Crippen LogP contribution < -0.4 is 0 Å². The van der Waals surface area contributed by atoms with E-state index in [2.05, 4.69) is 78.1 Å². The van der Waals surface area contributed by atoms with E-state index in [-0.39, 0.29) is 5.78 Å². The molecule has 0 rings (SSSR count). The molecule has 0 bridgehead atoms. The Labute approximate surface area is 301 Å². The van der Waals surface area contributed by atoms with Gasteiger partial charge in [-0.05, 0) is 108 Å². The summed E-state index contributed by atoms with van der Waals surface area (Å²) < 4.78 is 0. The average Bonchev–Trinajstić information content (AvgIpc) is 3.11. The summed E-state index contributed by atoms with van der Waals surface area (Å²) in [6.45, 7) is 0. The number of ketones is 1. The molecule has 0 aliphatic rings. The third-order valence-corrected chi connectivity index (χ3v) is 7.73. The fourth-order valence-corrected chi connectivity index (χ4v) is 4.88. The van der Waals surface area contributed by atoms with E-state index in [4.69, 9.17) is 12.8 Å². The highest BCUT2D eigenvalue weighted by molar-refractivity contribution is 6.03. The largest absolute Gasteiger partial charge is 0.377 e. The van der Waals surface area contributed by atoms with Crippen molar-refractivity contribution >= 4 is 5.78 Å². The number of unbranched alkanes of at least 4 members (excludes halogenated alkanes) is 18. The fraction of sp³-hybridized carbons (Fsp3) is 0.543. The number of carbonyl (C=O) groups is 1. The van der Waals surface area contributed by atoms with Crippen LogP contribution in [0.5, 0.6) is 0 Å². The minimum atomic E-state index is -0.894. The topological polar surface area (TPSA) is 57.5 Å². The minimum absolute atomic E-state index is 0.274. The second-order valence-electron chi connectivity index (χ2n) is 12.2. The summed E-state index contributed by atoms with van der Waals surface area (Å²) in [7, 11) is 0. The van der Waals surface area contributed by atoms with Gasteiger partial charge in [0.25, 0.3) is 0 Å². The molecule has 0 radical (unpaired) electrons. The van der Waals surface area contributed by atoms with Crippen LogP contribution in [0.25, 0.3) is 0 Å². The summed E-state index contributed by atoms with van der Waals surface area (Å²) in [5, 5.41) is 19.2. The summed E-state index contributed by atoms with van der Waals surface area (Å²) in [5.41, 5.74) is 0. The van der Waals surface area contributed by atoms with Crippen molar-refractivity contribution in [3.8, 4) is 48.4 Å². The molecule has 266 valence electrons. The Kier molecular flexibility index (Phi) is 35.8. The highest BCUT2D eigenvalue weighted by atomic mass is 16.3. The second kappa shape index (κ2) is 38.7. The van der Waals surface area contributed by atoms with Gasteiger partial charge in [0, 0.05) is 6.42 Å². The SMILES string of the molecule is C#CC(=O)/C=C/CC/C=C\CCCC/C=C\CCC#C[C@@H](O)C#C/C=C/CC/C=C\CCCCCCCCCCCCC/C=C/[C@H](O)C#C. The maximum Gasteiger partial charge on any atom is 0.228 e. The molecule has 0 saturated heterocycles. The molecule has 2 N–H and O–H groups in total. The molecule has 0 fully saturated rings. The van der Waals surface area contributed by atoms with Gasteiger partial charge in [0.1, 0.15) is 6.10 Å². The molecule has 0 aromatic rings. The zero-order valence-electron chi connectivity index (χ0n) is 30.3. The quantitative estimate of drug-likeness (QED) is 0.0275. The van der Waals surface area contributed by atoms with Crippen molar-refractivity contribution in [3.05, 3.63) is 72.9 Å². The lowest BCUT2D eigenvalue weighted by Gasteiger charge is -2.02. The highest BCUT2D eigenvalue weighted by Gasteiger charge is 1.94. The molecule has 0 heterocycles. The summed E-state index contributed by atoms with van der Waals surface area (Å²) >= 11 is 0. The van der Waals surface area contributed by atoms with Crippen LogP contribution in [0, 0.1) is 48.4 Å². The first-order valence-electron chi connectivity index (χ1n) is 18.9. The van der Waals surface area contributed by atoms with Gasteiger partial charge < -0.3 is 10.2 Å². The van der Waals surface area contributed by atoms with Crippen molar-refractivity contribution in [2.45, 2.75) is 160 Å². The number of hydrogen-bond acceptors (Lipinski definition) is 3. The number of aliphatic hydroxyl groups excluding tert-OH is 2. The van der Waals surface area contributed by atoms with Crippen LogP contribution in [-0.4, -0.2) is 28.2 Å². The third kappa shape index (κ3) is 38.6. The van der Waals surface area contributed by atoms with Crippen LogP contribution in [0.2, 0.25) is 0 Å². The number of aliphatic hydroxyl groups is 2. The Hall–Kier alpha value is -3.73. The average molecular weight is 665 g/mol. The molecule has 0 saturated carbocycles. The molecule has 3 nitrogen and oxygen atoms in total. The molecule has 0 aliphatic heterocycles. The minimum Gasteiger partial charge on any atom is -0.377 e. The lowest BCUT2D eigenvalue weighted by Crippen LogP contribution is -1.96. The van der Waals surface area contributed by atoms with Crippen LogP contribution in [-0.2, 0) is 4.79 Å². The molecule has 0 aromatic heterocycles. The van der Waals surface area contributed by atoms with E-state index in [0.717, 1.165) is 70.6 Å². The van der Waals surface area contributed by atoms with Crippen LogP contribution in [0.4, 0.5) is 0 Å². The lowest BCUT2D eigenvalue weighted by molar-refractivity contribution is -0.109. The Balaban J connectivity index is 3.56. The van der Waals surface area contributed by atoms with Gasteiger partial charge in [-0.1, -0.05) is 142 Å². The van der Waals surface area contributed by atoms with Gasteiger partial charge in [0.05, 0.1) is 0 Å². The van der Waals surface area contributed by atoms with Gasteiger partial charge in [-0.3, -0.25) is 4.79 Å². The Morgan fingerprint density at radius 3 is 1.53 bits per heavy atom. The van der Waals surface area contributed by atoms with Gasteiger partial charge >= 0.3 is 0 Å². The van der Waals surface area contributed by atoms with Crippen molar-refractivity contribution in [1.29, 1.82) is 0 Å². The van der Waals surface area contributed by atoms with E-state index in [0.29, 0.717) is 0 Å². The maximum absolute atomic E-state index is 10.9. The molecule has 0 spiro atoms. The second-order valence-corrected chi connectivity index (χ2v) is 12.2. The molecule has 3 heteroatoms. The van der Waals surface area contributed by atoms with E-state index in [1.54, 1.807) is 6.08 Å². The maximum atomic E-state index is 10.9. The monoisotopic (exact) mass is 664 g/mol. The van der Waals surface area contributed by atoms with Crippen LogP contribution in [0.15, 0.2) is 72.9 Å². The van der Waals surface area contributed by atoms with E-state index < -0.39 is 12.2 Å². The molecule has 49 heavy (non-hydrogen) atoms. The van der Waals surface area contributed by atoms with E-state index >= 15 is 0 Å². The summed E-state index contributed by atoms with van der Waals surface area (Å²) in [6, 6.07) is 0. The van der Waals surface area contributed by atoms with E-state index in [1.165, 1.54) is 83.1 Å². The molecular formula is C46H64O3. The van der Waals surface area contributed by atoms with Gasteiger partial charge in [-0.15, -0.1) is 12.8 Å².